The topological polar surface area (TPSA) is 144 Å². The van der Waals surface area contributed by atoms with Crippen LogP contribution in [0.3, 0.4) is 0 Å². The van der Waals surface area contributed by atoms with Gasteiger partial charge in [0.15, 0.2) is 0 Å². The Labute approximate surface area is 223 Å². The van der Waals surface area contributed by atoms with Crippen LogP contribution in [0, 0.1) is 0 Å². The van der Waals surface area contributed by atoms with Crippen LogP contribution >= 0.6 is 0 Å². The van der Waals surface area contributed by atoms with Crippen molar-refractivity contribution in [2.75, 3.05) is 19.6 Å². The van der Waals surface area contributed by atoms with Crippen molar-refractivity contribution in [2.24, 2.45) is 0 Å². The molecule has 1 unspecified atom stereocenters. The summed E-state index contributed by atoms with van der Waals surface area (Å²) in [6.45, 7) is 1.36. The number of nitrogens with one attached hydrogen (secondary N) is 1. The van der Waals surface area contributed by atoms with Gasteiger partial charge in [-0.3, -0.25) is 24.1 Å². The monoisotopic (exact) mass is 528 g/mol. The van der Waals surface area contributed by atoms with Gasteiger partial charge in [-0.2, -0.15) is 0 Å². The van der Waals surface area contributed by atoms with Crippen molar-refractivity contribution in [1.29, 1.82) is 0 Å². The van der Waals surface area contributed by atoms with Crippen LogP contribution < -0.4 is 5.32 Å². The van der Waals surface area contributed by atoms with Gasteiger partial charge in [-0.25, -0.2) is 0 Å². The number of unbranched alkanes of at least 4 members (excludes halogenated alkanes) is 15. The molecule has 0 radical (unpaired) electrons. The Balaban J connectivity index is 3.71. The van der Waals surface area contributed by atoms with Gasteiger partial charge in [-0.1, -0.05) is 96.8 Å². The lowest BCUT2D eigenvalue weighted by Gasteiger charge is -2.25. The number of rotatable bonds is 27. The van der Waals surface area contributed by atoms with E-state index in [9.17, 15) is 24.3 Å². The first-order valence-electron chi connectivity index (χ1n) is 14.4. The summed E-state index contributed by atoms with van der Waals surface area (Å²) in [6, 6.07) is -1.19. The second-order valence-corrected chi connectivity index (χ2v) is 10.1. The average Bonchev–Trinajstić information content (AvgIpc) is 2.82. The van der Waals surface area contributed by atoms with Crippen molar-refractivity contribution >= 4 is 23.8 Å². The van der Waals surface area contributed by atoms with Crippen molar-refractivity contribution in [3.05, 3.63) is 0 Å². The zero-order chi connectivity index (χ0) is 27.7. The zero-order valence-electron chi connectivity index (χ0n) is 23.1. The molecule has 0 aromatic carbocycles. The minimum absolute atomic E-state index is 0.0112. The molecule has 0 heterocycles. The van der Waals surface area contributed by atoms with E-state index in [1.807, 2.05) is 0 Å². The summed E-state index contributed by atoms with van der Waals surface area (Å²) in [6.07, 6.45) is 20.8. The van der Waals surface area contributed by atoms with E-state index in [-0.39, 0.29) is 12.3 Å². The zero-order valence-corrected chi connectivity index (χ0v) is 23.1. The highest BCUT2D eigenvalue weighted by atomic mass is 16.4. The predicted octanol–water partition coefficient (Wildman–Crippen LogP) is 5.46. The highest BCUT2D eigenvalue weighted by molar-refractivity contribution is 5.78. The molecule has 4 N–H and O–H groups in total. The van der Waals surface area contributed by atoms with Crippen LogP contribution in [0.25, 0.3) is 0 Å². The lowest BCUT2D eigenvalue weighted by Crippen LogP contribution is -2.46. The Hall–Kier alpha value is -2.16. The normalized spacial score (nSPS) is 11.9. The van der Waals surface area contributed by atoms with Gasteiger partial charge in [0.05, 0.1) is 13.1 Å². The molecule has 0 aliphatic rings. The van der Waals surface area contributed by atoms with Crippen LogP contribution in [0.4, 0.5) is 0 Å². The summed E-state index contributed by atoms with van der Waals surface area (Å²) in [5.74, 6) is -3.82. The van der Waals surface area contributed by atoms with Crippen molar-refractivity contribution in [1.82, 2.24) is 10.2 Å². The van der Waals surface area contributed by atoms with Crippen LogP contribution in [0.15, 0.2) is 0 Å². The predicted molar refractivity (Wildman–Crippen MR) is 145 cm³/mol. The van der Waals surface area contributed by atoms with E-state index in [4.69, 9.17) is 10.2 Å². The number of amides is 1. The SMILES string of the molecule is CCCCCCCCCCCCCCCCCC(=O)NCCCCC(C(=O)O)N(CC(=O)O)CC(=O)O. The quantitative estimate of drug-likeness (QED) is 0.103. The van der Waals surface area contributed by atoms with Gasteiger partial charge < -0.3 is 20.6 Å². The number of hydrogen-bond acceptors (Lipinski definition) is 5. The molecule has 0 aliphatic carbocycles. The minimum Gasteiger partial charge on any atom is -0.480 e. The van der Waals surface area contributed by atoms with Crippen molar-refractivity contribution < 1.29 is 34.5 Å². The Morgan fingerprint density at radius 3 is 1.46 bits per heavy atom. The molecule has 0 saturated heterocycles. The third kappa shape index (κ3) is 22.7. The number of carbonyl (C=O) groups is 4. The van der Waals surface area contributed by atoms with Crippen LogP contribution in [0.2, 0.25) is 0 Å². The number of carbonyl (C=O) groups excluding carboxylic acids is 1. The van der Waals surface area contributed by atoms with Gasteiger partial charge in [0.25, 0.3) is 0 Å². The summed E-state index contributed by atoms with van der Waals surface area (Å²) in [5.41, 5.74) is 0. The fourth-order valence-electron chi connectivity index (χ4n) is 4.52. The molecular weight excluding hydrogens is 476 g/mol. The van der Waals surface area contributed by atoms with Gasteiger partial charge in [-0.05, 0) is 25.7 Å². The van der Waals surface area contributed by atoms with Crippen LogP contribution in [-0.4, -0.2) is 69.7 Å². The average molecular weight is 529 g/mol. The fourth-order valence-corrected chi connectivity index (χ4v) is 4.52. The fraction of sp³-hybridized carbons (Fsp3) is 0.857. The molecule has 0 aromatic rings. The molecule has 216 valence electrons. The van der Waals surface area contributed by atoms with Gasteiger partial charge in [-0.15, -0.1) is 0 Å². The maximum atomic E-state index is 12.0. The van der Waals surface area contributed by atoms with Crippen LogP contribution in [-0.2, 0) is 19.2 Å². The van der Waals surface area contributed by atoms with E-state index in [0.717, 1.165) is 24.2 Å². The number of hydrogen-bond donors (Lipinski definition) is 4. The molecule has 37 heavy (non-hydrogen) atoms. The number of nitrogens with zero attached hydrogens (tertiary/aromatic N) is 1. The number of carboxylic acids is 3. The van der Waals surface area contributed by atoms with E-state index >= 15 is 0 Å². The first-order chi connectivity index (χ1) is 17.8. The standard InChI is InChI=1S/C28H52N2O7/c1-2-3-4-5-6-7-8-9-10-11-12-13-14-15-16-20-25(31)29-21-18-17-19-24(28(36)37)30(22-26(32)33)23-27(34)35/h24H,2-23H2,1H3,(H,29,31)(H,32,33)(H,34,35)(H,36,37). The number of aliphatic carboxylic acids is 3. The maximum absolute atomic E-state index is 12.0. The summed E-state index contributed by atoms with van der Waals surface area (Å²) in [5, 5.41) is 30.1. The third-order valence-electron chi connectivity index (χ3n) is 6.64. The number of carboxylic acid groups (broad SMARTS) is 3. The van der Waals surface area contributed by atoms with Crippen molar-refractivity contribution in [2.45, 2.75) is 135 Å². The molecule has 0 spiro atoms. The summed E-state index contributed by atoms with van der Waals surface area (Å²) < 4.78 is 0. The van der Waals surface area contributed by atoms with Crippen LogP contribution in [0.1, 0.15) is 129 Å². The molecule has 0 bridgehead atoms. The Morgan fingerprint density at radius 1 is 0.622 bits per heavy atom. The van der Waals surface area contributed by atoms with E-state index in [1.165, 1.54) is 77.0 Å². The van der Waals surface area contributed by atoms with Crippen LogP contribution in [0.5, 0.6) is 0 Å². The molecule has 1 atom stereocenters. The third-order valence-corrected chi connectivity index (χ3v) is 6.64. The largest absolute Gasteiger partial charge is 0.480 e. The second-order valence-electron chi connectivity index (χ2n) is 10.1. The summed E-state index contributed by atoms with van der Waals surface area (Å²) in [4.78, 5) is 46.3. The van der Waals surface area contributed by atoms with Gasteiger partial charge in [0.1, 0.15) is 6.04 Å². The molecule has 1 amide bonds. The lowest BCUT2D eigenvalue weighted by molar-refractivity contribution is -0.149. The highest BCUT2D eigenvalue weighted by Gasteiger charge is 2.28. The molecule has 9 heteroatoms. The Bertz CT molecular complexity index is 612. The van der Waals surface area contributed by atoms with Gasteiger partial charge in [0.2, 0.25) is 5.91 Å². The van der Waals surface area contributed by atoms with E-state index in [2.05, 4.69) is 12.2 Å². The first-order valence-corrected chi connectivity index (χ1v) is 14.4. The van der Waals surface area contributed by atoms with Crippen molar-refractivity contribution in [3.63, 3.8) is 0 Å². The van der Waals surface area contributed by atoms with Crippen molar-refractivity contribution in [3.8, 4) is 0 Å². The Morgan fingerprint density at radius 2 is 1.05 bits per heavy atom. The molecule has 9 nitrogen and oxygen atoms in total. The second kappa shape index (κ2) is 24.2. The summed E-state index contributed by atoms with van der Waals surface area (Å²) in [7, 11) is 0. The molecule has 0 saturated carbocycles. The molecule has 0 aromatic heterocycles. The van der Waals surface area contributed by atoms with E-state index in [1.54, 1.807) is 0 Å². The molecular formula is C28H52N2O7. The van der Waals surface area contributed by atoms with E-state index < -0.39 is 37.0 Å². The maximum Gasteiger partial charge on any atom is 0.320 e. The smallest absolute Gasteiger partial charge is 0.320 e. The van der Waals surface area contributed by atoms with E-state index in [0.29, 0.717) is 25.8 Å². The highest BCUT2D eigenvalue weighted by Crippen LogP contribution is 2.14. The first kappa shape index (κ1) is 34.8. The molecule has 0 fully saturated rings. The van der Waals surface area contributed by atoms with Gasteiger partial charge in [0, 0.05) is 13.0 Å². The Kier molecular flexibility index (Phi) is 22.8. The lowest BCUT2D eigenvalue weighted by atomic mass is 10.0. The molecule has 0 aliphatic heterocycles. The van der Waals surface area contributed by atoms with Gasteiger partial charge >= 0.3 is 17.9 Å². The minimum atomic E-state index is -1.28. The molecule has 0 rings (SSSR count). The summed E-state index contributed by atoms with van der Waals surface area (Å²) >= 11 is 0.